The standard InChI is InChI=1S/C16H26N2O2S/c1-4-5-14-6-8-15(9-7-14)21(19,20)18-12-10-16(2,17-3)11-13-18/h6-9,17H,4-5,10-13H2,1-3H3. The Labute approximate surface area is 128 Å². The SMILES string of the molecule is CCCc1ccc(S(=O)(=O)N2CCC(C)(NC)CC2)cc1. The summed E-state index contributed by atoms with van der Waals surface area (Å²) in [6.07, 6.45) is 3.75. The van der Waals surface area contributed by atoms with E-state index in [4.69, 9.17) is 0 Å². The maximum atomic E-state index is 12.7. The molecule has 0 saturated carbocycles. The molecule has 2 rings (SSSR count). The van der Waals surface area contributed by atoms with E-state index < -0.39 is 10.0 Å². The summed E-state index contributed by atoms with van der Waals surface area (Å²) in [6, 6.07) is 7.34. The van der Waals surface area contributed by atoms with Crippen LogP contribution in [0.5, 0.6) is 0 Å². The van der Waals surface area contributed by atoms with Crippen molar-refractivity contribution in [3.8, 4) is 0 Å². The van der Waals surface area contributed by atoms with E-state index in [-0.39, 0.29) is 5.54 Å². The van der Waals surface area contributed by atoms with E-state index in [2.05, 4.69) is 19.2 Å². The molecule has 0 bridgehead atoms. The molecule has 0 spiro atoms. The second-order valence-electron chi connectivity index (χ2n) is 6.11. The van der Waals surface area contributed by atoms with Gasteiger partial charge in [0.1, 0.15) is 0 Å². The summed E-state index contributed by atoms with van der Waals surface area (Å²) in [7, 11) is -1.41. The van der Waals surface area contributed by atoms with Crippen molar-refractivity contribution in [2.24, 2.45) is 0 Å². The monoisotopic (exact) mass is 310 g/mol. The highest BCUT2D eigenvalue weighted by Gasteiger charge is 2.34. The smallest absolute Gasteiger partial charge is 0.243 e. The molecule has 118 valence electrons. The summed E-state index contributed by atoms with van der Waals surface area (Å²) < 4.78 is 26.9. The summed E-state index contributed by atoms with van der Waals surface area (Å²) >= 11 is 0. The molecule has 1 aromatic carbocycles. The Balaban J connectivity index is 2.12. The van der Waals surface area contributed by atoms with Crippen molar-refractivity contribution in [3.05, 3.63) is 29.8 Å². The first kappa shape index (κ1) is 16.5. The van der Waals surface area contributed by atoms with Gasteiger partial charge in [0.15, 0.2) is 0 Å². The van der Waals surface area contributed by atoms with Gasteiger partial charge in [-0.1, -0.05) is 25.5 Å². The maximum absolute atomic E-state index is 12.7. The molecule has 5 heteroatoms. The van der Waals surface area contributed by atoms with Crippen LogP contribution in [0.1, 0.15) is 38.7 Å². The van der Waals surface area contributed by atoms with Gasteiger partial charge in [-0.2, -0.15) is 4.31 Å². The minimum Gasteiger partial charge on any atom is -0.314 e. The lowest BCUT2D eigenvalue weighted by atomic mass is 9.91. The minimum absolute atomic E-state index is 0.0526. The fourth-order valence-electron chi connectivity index (χ4n) is 2.74. The van der Waals surface area contributed by atoms with Gasteiger partial charge in [-0.05, 0) is 50.9 Å². The Morgan fingerprint density at radius 3 is 2.24 bits per heavy atom. The lowest BCUT2D eigenvalue weighted by molar-refractivity contribution is 0.219. The number of hydrogen-bond donors (Lipinski definition) is 1. The number of rotatable bonds is 5. The number of piperidine rings is 1. The Kier molecular flexibility index (Phi) is 5.07. The molecule has 0 aromatic heterocycles. The van der Waals surface area contributed by atoms with Crippen molar-refractivity contribution in [2.75, 3.05) is 20.1 Å². The van der Waals surface area contributed by atoms with E-state index in [9.17, 15) is 8.42 Å². The van der Waals surface area contributed by atoms with Crippen LogP contribution in [0.3, 0.4) is 0 Å². The van der Waals surface area contributed by atoms with Crippen LogP contribution in [-0.2, 0) is 16.4 Å². The lowest BCUT2D eigenvalue weighted by Gasteiger charge is -2.38. The molecule has 1 aliphatic rings. The second kappa shape index (κ2) is 6.46. The van der Waals surface area contributed by atoms with E-state index in [1.54, 1.807) is 16.4 Å². The zero-order valence-corrected chi connectivity index (χ0v) is 14.0. The number of aryl methyl sites for hydroxylation is 1. The third-order valence-electron chi connectivity index (χ3n) is 4.53. The molecule has 1 fully saturated rings. The first-order valence-electron chi connectivity index (χ1n) is 7.69. The highest BCUT2D eigenvalue weighted by atomic mass is 32.2. The molecule has 0 radical (unpaired) electrons. The quantitative estimate of drug-likeness (QED) is 0.908. The summed E-state index contributed by atoms with van der Waals surface area (Å²) in [4.78, 5) is 0.412. The molecule has 1 aliphatic heterocycles. The second-order valence-corrected chi connectivity index (χ2v) is 8.05. The third kappa shape index (κ3) is 3.65. The molecule has 0 atom stereocenters. The summed E-state index contributed by atoms with van der Waals surface area (Å²) in [5, 5.41) is 3.29. The summed E-state index contributed by atoms with van der Waals surface area (Å²) in [6.45, 7) is 5.43. The molecular formula is C16H26N2O2S. The van der Waals surface area contributed by atoms with Crippen molar-refractivity contribution >= 4 is 10.0 Å². The summed E-state index contributed by atoms with van der Waals surface area (Å²) in [5.74, 6) is 0. The normalized spacial score (nSPS) is 19.6. The van der Waals surface area contributed by atoms with E-state index in [1.165, 1.54) is 5.56 Å². The predicted molar refractivity (Wildman–Crippen MR) is 85.9 cm³/mol. The molecule has 0 unspecified atom stereocenters. The van der Waals surface area contributed by atoms with Gasteiger partial charge in [0.25, 0.3) is 0 Å². The van der Waals surface area contributed by atoms with Crippen molar-refractivity contribution in [2.45, 2.75) is 50.0 Å². The van der Waals surface area contributed by atoms with Crippen LogP contribution in [0.4, 0.5) is 0 Å². The Hall–Kier alpha value is -0.910. The van der Waals surface area contributed by atoms with Gasteiger partial charge in [0, 0.05) is 18.6 Å². The molecular weight excluding hydrogens is 284 g/mol. The van der Waals surface area contributed by atoms with Gasteiger partial charge < -0.3 is 5.32 Å². The number of hydrogen-bond acceptors (Lipinski definition) is 3. The first-order valence-corrected chi connectivity index (χ1v) is 9.13. The summed E-state index contributed by atoms with van der Waals surface area (Å²) in [5.41, 5.74) is 1.25. The Bertz CT molecular complexity index is 558. The molecule has 4 nitrogen and oxygen atoms in total. The number of sulfonamides is 1. The van der Waals surface area contributed by atoms with Crippen molar-refractivity contribution in [1.29, 1.82) is 0 Å². The van der Waals surface area contributed by atoms with Crippen LogP contribution in [-0.4, -0.2) is 38.4 Å². The van der Waals surface area contributed by atoms with Gasteiger partial charge in [-0.15, -0.1) is 0 Å². The molecule has 1 heterocycles. The van der Waals surface area contributed by atoms with Crippen LogP contribution in [0.25, 0.3) is 0 Å². The average molecular weight is 310 g/mol. The predicted octanol–water partition coefficient (Wildman–Crippen LogP) is 2.40. The highest BCUT2D eigenvalue weighted by Crippen LogP contribution is 2.26. The van der Waals surface area contributed by atoms with E-state index >= 15 is 0 Å². The van der Waals surface area contributed by atoms with Crippen LogP contribution in [0.2, 0.25) is 0 Å². The number of benzene rings is 1. The molecule has 0 amide bonds. The fraction of sp³-hybridized carbons (Fsp3) is 0.625. The van der Waals surface area contributed by atoms with Gasteiger partial charge in [0.2, 0.25) is 10.0 Å². The van der Waals surface area contributed by atoms with E-state index in [0.29, 0.717) is 18.0 Å². The fourth-order valence-corrected chi connectivity index (χ4v) is 4.18. The zero-order chi connectivity index (χ0) is 15.5. The topological polar surface area (TPSA) is 49.4 Å². The maximum Gasteiger partial charge on any atom is 0.243 e. The first-order chi connectivity index (χ1) is 9.91. The highest BCUT2D eigenvalue weighted by molar-refractivity contribution is 7.89. The molecule has 1 aromatic rings. The Morgan fingerprint density at radius 2 is 1.76 bits per heavy atom. The van der Waals surface area contributed by atoms with Crippen LogP contribution in [0, 0.1) is 0 Å². The van der Waals surface area contributed by atoms with Crippen molar-refractivity contribution in [3.63, 3.8) is 0 Å². The van der Waals surface area contributed by atoms with Gasteiger partial charge in [0.05, 0.1) is 4.90 Å². The molecule has 0 aliphatic carbocycles. The number of nitrogens with one attached hydrogen (secondary N) is 1. The average Bonchev–Trinajstić information content (AvgIpc) is 2.49. The van der Waals surface area contributed by atoms with Crippen molar-refractivity contribution < 1.29 is 8.42 Å². The molecule has 1 N–H and O–H groups in total. The van der Waals surface area contributed by atoms with Crippen LogP contribution in [0.15, 0.2) is 29.2 Å². The number of nitrogens with zero attached hydrogens (tertiary/aromatic N) is 1. The Morgan fingerprint density at radius 1 is 1.19 bits per heavy atom. The van der Waals surface area contributed by atoms with Gasteiger partial charge in [-0.3, -0.25) is 0 Å². The lowest BCUT2D eigenvalue weighted by Crippen LogP contribution is -2.51. The largest absolute Gasteiger partial charge is 0.314 e. The zero-order valence-electron chi connectivity index (χ0n) is 13.2. The van der Waals surface area contributed by atoms with E-state index in [1.807, 2.05) is 19.2 Å². The van der Waals surface area contributed by atoms with E-state index in [0.717, 1.165) is 25.7 Å². The van der Waals surface area contributed by atoms with Crippen molar-refractivity contribution in [1.82, 2.24) is 9.62 Å². The molecule has 21 heavy (non-hydrogen) atoms. The van der Waals surface area contributed by atoms with Crippen LogP contribution >= 0.6 is 0 Å². The van der Waals surface area contributed by atoms with Gasteiger partial charge >= 0.3 is 0 Å². The minimum atomic E-state index is -3.35. The molecule has 1 saturated heterocycles. The van der Waals surface area contributed by atoms with Gasteiger partial charge in [-0.25, -0.2) is 8.42 Å². The third-order valence-corrected chi connectivity index (χ3v) is 6.44. The van der Waals surface area contributed by atoms with Crippen LogP contribution < -0.4 is 5.32 Å².